The van der Waals surface area contributed by atoms with Gasteiger partial charge in [-0.05, 0) is 98.0 Å². The summed E-state index contributed by atoms with van der Waals surface area (Å²) in [6.45, 7) is 15.0. The zero-order valence-corrected chi connectivity index (χ0v) is 32.0. The Morgan fingerprint density at radius 2 is 1.06 bits per heavy atom. The summed E-state index contributed by atoms with van der Waals surface area (Å²) >= 11 is 3.34. The maximum atomic E-state index is 9.67. The molecule has 1 saturated heterocycles. The molecule has 0 amide bonds. The van der Waals surface area contributed by atoms with Crippen LogP contribution in [0.15, 0.2) is 76.5 Å². The molecule has 6 nitrogen and oxygen atoms in total. The Labute approximate surface area is 301 Å². The predicted octanol–water partition coefficient (Wildman–Crippen LogP) is 11.8. The molecule has 0 aliphatic carbocycles. The highest BCUT2D eigenvalue weighted by Crippen LogP contribution is 2.33. The highest BCUT2D eigenvalue weighted by molar-refractivity contribution is 7.97. The molecule has 3 aromatic carbocycles. The zero-order valence-electron chi connectivity index (χ0n) is 30.4. The third-order valence-electron chi connectivity index (χ3n) is 7.70. The summed E-state index contributed by atoms with van der Waals surface area (Å²) in [5.41, 5.74) is 1.41. The van der Waals surface area contributed by atoms with Crippen molar-refractivity contribution in [1.29, 1.82) is 0 Å². The van der Waals surface area contributed by atoms with Crippen molar-refractivity contribution in [3.05, 3.63) is 72.3 Å². The maximum absolute atomic E-state index is 9.67. The fourth-order valence-corrected chi connectivity index (χ4v) is 6.96. The van der Waals surface area contributed by atoms with E-state index in [1.165, 1.54) is 88.7 Å². The summed E-state index contributed by atoms with van der Waals surface area (Å²) in [5, 5.41) is 37.5. The topological polar surface area (TPSA) is 87.4 Å². The third kappa shape index (κ3) is 20.1. The Kier molecular flexibility index (Phi) is 25.7. The first-order valence-electron chi connectivity index (χ1n) is 18.3. The monoisotopic (exact) mass is 700 g/mol. The van der Waals surface area contributed by atoms with Crippen LogP contribution in [0.1, 0.15) is 117 Å². The number of nitrogens with zero attached hydrogens (tertiary/aromatic N) is 2. The van der Waals surface area contributed by atoms with Crippen molar-refractivity contribution in [1.82, 2.24) is 8.61 Å². The number of aromatic hydroxyl groups is 4. The molecule has 0 spiro atoms. The number of phenols is 4. The van der Waals surface area contributed by atoms with Crippen molar-refractivity contribution in [2.45, 2.75) is 128 Å². The van der Waals surface area contributed by atoms with E-state index >= 15 is 0 Å². The van der Waals surface area contributed by atoms with Gasteiger partial charge in [0.05, 0.1) is 0 Å². The molecule has 8 heteroatoms. The van der Waals surface area contributed by atoms with Gasteiger partial charge >= 0.3 is 0 Å². The first-order valence-corrected chi connectivity index (χ1v) is 19.8. The van der Waals surface area contributed by atoms with Crippen LogP contribution in [0.3, 0.4) is 0 Å². The van der Waals surface area contributed by atoms with E-state index in [9.17, 15) is 15.3 Å². The Morgan fingerprint density at radius 3 is 1.56 bits per heavy atom. The molecule has 0 bridgehead atoms. The highest BCUT2D eigenvalue weighted by atomic mass is 32.2. The number of rotatable bonds is 17. The van der Waals surface area contributed by atoms with Crippen LogP contribution in [-0.2, 0) is 6.42 Å². The van der Waals surface area contributed by atoms with Crippen LogP contribution in [0.25, 0.3) is 0 Å². The summed E-state index contributed by atoms with van der Waals surface area (Å²) in [6, 6.07) is 20.5. The lowest BCUT2D eigenvalue weighted by atomic mass is 10.1. The van der Waals surface area contributed by atoms with Gasteiger partial charge in [0.1, 0.15) is 0 Å². The van der Waals surface area contributed by atoms with Crippen LogP contribution in [-0.4, -0.2) is 55.2 Å². The van der Waals surface area contributed by atoms with E-state index in [1.807, 2.05) is 32.0 Å². The van der Waals surface area contributed by atoms with Crippen LogP contribution in [0.4, 0.5) is 0 Å². The number of unbranched alkanes of at least 4 members (excludes halogenated alkanes) is 8. The van der Waals surface area contributed by atoms with Gasteiger partial charge in [-0.1, -0.05) is 116 Å². The van der Waals surface area contributed by atoms with E-state index in [1.54, 1.807) is 42.1 Å². The van der Waals surface area contributed by atoms with Gasteiger partial charge in [-0.3, -0.25) is 0 Å². The lowest BCUT2D eigenvalue weighted by Crippen LogP contribution is -2.18. The number of phenolic OH excluding ortho intramolecular Hbond substituents is 4. The molecule has 0 atom stereocenters. The van der Waals surface area contributed by atoms with E-state index in [4.69, 9.17) is 5.11 Å². The van der Waals surface area contributed by atoms with Gasteiger partial charge in [0.25, 0.3) is 0 Å². The van der Waals surface area contributed by atoms with Gasteiger partial charge in [-0.15, -0.1) is 0 Å². The smallest absolute Gasteiger partial charge is 0.158 e. The zero-order chi connectivity index (χ0) is 35.4. The van der Waals surface area contributed by atoms with Crippen LogP contribution in [0.5, 0.6) is 23.0 Å². The van der Waals surface area contributed by atoms with Gasteiger partial charge in [0, 0.05) is 36.0 Å². The number of aryl methyl sites for hydroxylation is 1. The first-order chi connectivity index (χ1) is 23.4. The summed E-state index contributed by atoms with van der Waals surface area (Å²) in [4.78, 5) is 1.97. The van der Waals surface area contributed by atoms with Gasteiger partial charge in [-0.25, -0.2) is 8.61 Å². The van der Waals surface area contributed by atoms with Crippen LogP contribution in [0, 0.1) is 0 Å². The molecule has 4 rings (SSSR count). The van der Waals surface area contributed by atoms with Gasteiger partial charge in [0.15, 0.2) is 23.0 Å². The second-order valence-corrected chi connectivity index (χ2v) is 14.1. The SMILES string of the molecule is CC.CCCCCCCCN(CCCCCC)Sc1ccc(O)c(O)c1.CCc1ccccc1.Oc1ccc(SN2CCCC2)cc1O. The van der Waals surface area contributed by atoms with Crippen molar-refractivity contribution in [3.8, 4) is 23.0 Å². The quantitative estimate of drug-likeness (QED) is 0.0629. The van der Waals surface area contributed by atoms with Gasteiger partial charge in [-0.2, -0.15) is 0 Å². The van der Waals surface area contributed by atoms with Gasteiger partial charge in [0.2, 0.25) is 0 Å². The predicted molar refractivity (Wildman–Crippen MR) is 208 cm³/mol. The molecule has 48 heavy (non-hydrogen) atoms. The lowest BCUT2D eigenvalue weighted by Gasteiger charge is -2.21. The largest absolute Gasteiger partial charge is 0.504 e. The van der Waals surface area contributed by atoms with Crippen LogP contribution in [0.2, 0.25) is 0 Å². The molecule has 3 aromatic rings. The maximum Gasteiger partial charge on any atom is 0.158 e. The Bertz CT molecular complexity index is 1190. The lowest BCUT2D eigenvalue weighted by molar-refractivity contribution is 0.402. The Morgan fingerprint density at radius 1 is 0.583 bits per heavy atom. The van der Waals surface area contributed by atoms with Crippen molar-refractivity contribution < 1.29 is 20.4 Å². The average molecular weight is 701 g/mol. The number of hydrogen-bond donors (Lipinski definition) is 4. The summed E-state index contributed by atoms with van der Waals surface area (Å²) < 4.78 is 4.69. The van der Waals surface area contributed by atoms with E-state index in [0.717, 1.165) is 42.4 Å². The molecule has 0 radical (unpaired) electrons. The first kappa shape index (κ1) is 43.5. The van der Waals surface area contributed by atoms with E-state index in [2.05, 4.69) is 53.6 Å². The van der Waals surface area contributed by atoms with Crippen LogP contribution < -0.4 is 0 Å². The minimum absolute atomic E-state index is 0.0366. The Balaban J connectivity index is 0.000000399. The standard InChI is InChI=1S/C20H35NO2S.C10H13NO2S.C8H10.C2H6/c1-3-5-7-9-10-12-16-21(15-11-8-6-4-2)24-18-13-14-19(22)20(23)17-18;12-9-4-3-8(7-10(9)13)14-11-5-1-2-6-11;1-2-8-6-4-3-5-7-8;1-2/h13-14,17,22-23H,3-12,15-16H2,1-2H3;3-4,7,12-13H,1-2,5-6H2;3-7H,2H2,1H3;1-2H3. The average Bonchev–Trinajstić information content (AvgIpc) is 3.63. The summed E-state index contributed by atoms with van der Waals surface area (Å²) in [7, 11) is 0. The summed E-state index contributed by atoms with van der Waals surface area (Å²) in [5.74, 6) is -0.194. The summed E-state index contributed by atoms with van der Waals surface area (Å²) in [6.07, 6.45) is 16.6. The molecule has 4 N–H and O–H groups in total. The van der Waals surface area contributed by atoms with Crippen molar-refractivity contribution >= 4 is 23.9 Å². The molecule has 1 aliphatic rings. The molecule has 0 unspecified atom stereocenters. The molecule has 1 heterocycles. The fourth-order valence-electron chi connectivity index (χ4n) is 4.90. The molecular formula is C40H64N2O4S2. The van der Waals surface area contributed by atoms with Gasteiger partial charge < -0.3 is 20.4 Å². The van der Waals surface area contributed by atoms with Crippen LogP contribution >= 0.6 is 23.9 Å². The van der Waals surface area contributed by atoms with E-state index in [-0.39, 0.29) is 23.0 Å². The number of benzene rings is 3. The third-order valence-corrected chi connectivity index (χ3v) is 9.88. The minimum Gasteiger partial charge on any atom is -0.504 e. The normalized spacial score (nSPS) is 12.4. The highest BCUT2D eigenvalue weighted by Gasteiger charge is 2.13. The van der Waals surface area contributed by atoms with Crippen molar-refractivity contribution in [2.24, 2.45) is 0 Å². The molecule has 1 fully saturated rings. The number of hydrogen-bond acceptors (Lipinski definition) is 8. The minimum atomic E-state index is -0.0595. The molecule has 0 aromatic heterocycles. The molecule has 0 saturated carbocycles. The second kappa shape index (κ2) is 28.3. The van der Waals surface area contributed by atoms with E-state index < -0.39 is 0 Å². The Hall–Kier alpha value is -2.52. The second-order valence-electron chi connectivity index (χ2n) is 11.7. The van der Waals surface area contributed by atoms with Crippen molar-refractivity contribution in [3.63, 3.8) is 0 Å². The molecule has 1 aliphatic heterocycles. The molecule has 270 valence electrons. The fraction of sp³-hybridized carbons (Fsp3) is 0.550. The van der Waals surface area contributed by atoms with E-state index in [0.29, 0.717) is 0 Å². The molecular weight excluding hydrogens is 637 g/mol. The van der Waals surface area contributed by atoms with Crippen molar-refractivity contribution in [2.75, 3.05) is 26.2 Å².